The van der Waals surface area contributed by atoms with Crippen molar-refractivity contribution >= 4 is 44.9 Å². The van der Waals surface area contributed by atoms with Gasteiger partial charge in [-0.05, 0) is 38.2 Å². The topological polar surface area (TPSA) is 61.8 Å². The molecule has 2 saturated heterocycles. The number of likely N-dealkylation sites (N-methyl/N-ethyl adjacent to an activating group) is 1. The van der Waals surface area contributed by atoms with Crippen LogP contribution in [0.4, 0.5) is 5.82 Å². The summed E-state index contributed by atoms with van der Waals surface area (Å²) in [4.78, 5) is 28.7. The molecule has 1 atom stereocenters. The maximum Gasteiger partial charge on any atom is 0.264 e. The monoisotopic (exact) mass is 395 g/mol. The fourth-order valence-corrected chi connectivity index (χ4v) is 4.74. The van der Waals surface area contributed by atoms with Gasteiger partial charge in [0.25, 0.3) is 5.91 Å². The second-order valence-electron chi connectivity index (χ2n) is 6.90. The van der Waals surface area contributed by atoms with Crippen molar-refractivity contribution in [3.05, 3.63) is 16.2 Å². The van der Waals surface area contributed by atoms with E-state index in [1.165, 1.54) is 11.3 Å². The first-order valence-corrected chi connectivity index (χ1v) is 9.98. The predicted octanol–water partition coefficient (Wildman–Crippen LogP) is 1.96. The van der Waals surface area contributed by atoms with Crippen LogP contribution >= 0.6 is 22.9 Å². The van der Waals surface area contributed by atoms with E-state index in [0.29, 0.717) is 24.1 Å². The van der Waals surface area contributed by atoms with Crippen LogP contribution in [0.5, 0.6) is 0 Å². The lowest BCUT2D eigenvalue weighted by Crippen LogP contribution is -2.36. The fourth-order valence-electron chi connectivity index (χ4n) is 3.49. The van der Waals surface area contributed by atoms with Crippen molar-refractivity contribution in [3.8, 4) is 0 Å². The molecule has 0 N–H and O–H groups in total. The van der Waals surface area contributed by atoms with Gasteiger partial charge >= 0.3 is 0 Å². The average Bonchev–Trinajstić information content (AvgIpc) is 3.28. The number of nitrogens with zero attached hydrogens (tertiary/aromatic N) is 5. The zero-order valence-electron chi connectivity index (χ0n) is 14.9. The highest BCUT2D eigenvalue weighted by atomic mass is 35.5. The van der Waals surface area contributed by atoms with Crippen molar-refractivity contribution in [1.29, 1.82) is 0 Å². The standard InChI is InChI=1S/C17H22ClN5O2S/c1-21(2)11-3-4-23(10-11)16(24)13-9-12-14(26-13)15(20-17(18)19-12)22-5-7-25-8-6-22/h9,11H,3-8,10H2,1-2H3/t11-/m0/s1. The highest BCUT2D eigenvalue weighted by Gasteiger charge is 2.29. The number of amides is 1. The van der Waals surface area contributed by atoms with Gasteiger partial charge in [0, 0.05) is 32.2 Å². The third-order valence-electron chi connectivity index (χ3n) is 5.03. The third-order valence-corrected chi connectivity index (χ3v) is 6.31. The Morgan fingerprint density at radius 1 is 1.31 bits per heavy atom. The molecule has 0 radical (unpaired) electrons. The molecule has 0 aromatic carbocycles. The highest BCUT2D eigenvalue weighted by Crippen LogP contribution is 2.34. The van der Waals surface area contributed by atoms with Crippen molar-refractivity contribution in [2.45, 2.75) is 12.5 Å². The molecule has 2 fully saturated rings. The first kappa shape index (κ1) is 17.9. The van der Waals surface area contributed by atoms with Crippen LogP contribution in [-0.4, -0.2) is 85.2 Å². The van der Waals surface area contributed by atoms with Crippen LogP contribution in [-0.2, 0) is 4.74 Å². The number of hydrogen-bond donors (Lipinski definition) is 0. The molecule has 0 bridgehead atoms. The fraction of sp³-hybridized carbons (Fsp3) is 0.588. The molecule has 2 aliphatic rings. The lowest BCUT2D eigenvalue weighted by Gasteiger charge is -2.28. The third kappa shape index (κ3) is 3.38. The normalized spacial score (nSPS) is 21.2. The van der Waals surface area contributed by atoms with E-state index in [0.717, 1.165) is 48.6 Å². The van der Waals surface area contributed by atoms with Crippen LogP contribution in [0.25, 0.3) is 10.2 Å². The molecule has 9 heteroatoms. The Hall–Kier alpha value is -1.48. The molecule has 1 amide bonds. The summed E-state index contributed by atoms with van der Waals surface area (Å²) in [5.41, 5.74) is 0.739. The molecule has 140 valence electrons. The number of ether oxygens (including phenoxy) is 1. The van der Waals surface area contributed by atoms with Gasteiger partial charge in [-0.25, -0.2) is 4.98 Å². The maximum atomic E-state index is 13.0. The second-order valence-corrected chi connectivity index (χ2v) is 8.29. The highest BCUT2D eigenvalue weighted by molar-refractivity contribution is 7.21. The van der Waals surface area contributed by atoms with Gasteiger partial charge in [0.05, 0.1) is 28.3 Å². The maximum absolute atomic E-state index is 13.0. The zero-order chi connectivity index (χ0) is 18.3. The van der Waals surface area contributed by atoms with Crippen LogP contribution in [0, 0.1) is 0 Å². The molecule has 0 aliphatic carbocycles. The summed E-state index contributed by atoms with van der Waals surface area (Å²) < 4.78 is 6.34. The minimum Gasteiger partial charge on any atom is -0.378 e. The number of hydrogen-bond acceptors (Lipinski definition) is 7. The Morgan fingerprint density at radius 3 is 2.77 bits per heavy atom. The molecule has 4 heterocycles. The van der Waals surface area contributed by atoms with Crippen LogP contribution in [0.1, 0.15) is 16.1 Å². The van der Waals surface area contributed by atoms with Crippen molar-refractivity contribution in [2.75, 3.05) is 58.4 Å². The Kier molecular flexibility index (Phi) is 5.00. The lowest BCUT2D eigenvalue weighted by molar-refractivity contribution is 0.0788. The van der Waals surface area contributed by atoms with E-state index in [4.69, 9.17) is 16.3 Å². The van der Waals surface area contributed by atoms with E-state index in [1.54, 1.807) is 0 Å². The molecular weight excluding hydrogens is 374 g/mol. The van der Waals surface area contributed by atoms with Crippen molar-refractivity contribution < 1.29 is 9.53 Å². The molecule has 0 spiro atoms. The Morgan fingerprint density at radius 2 is 2.08 bits per heavy atom. The van der Waals surface area contributed by atoms with Gasteiger partial charge < -0.3 is 19.4 Å². The molecule has 4 rings (SSSR count). The molecule has 2 aromatic rings. The molecule has 7 nitrogen and oxygen atoms in total. The minimum absolute atomic E-state index is 0.0707. The molecule has 0 unspecified atom stereocenters. The van der Waals surface area contributed by atoms with E-state index >= 15 is 0 Å². The molecule has 2 aliphatic heterocycles. The number of rotatable bonds is 3. The van der Waals surface area contributed by atoms with Gasteiger partial charge in [-0.1, -0.05) is 0 Å². The Bertz CT molecular complexity index is 821. The first-order valence-electron chi connectivity index (χ1n) is 8.78. The quantitative estimate of drug-likeness (QED) is 0.740. The van der Waals surface area contributed by atoms with Crippen LogP contribution < -0.4 is 4.90 Å². The van der Waals surface area contributed by atoms with Gasteiger partial charge in [-0.15, -0.1) is 11.3 Å². The number of aromatic nitrogens is 2. The van der Waals surface area contributed by atoms with Crippen molar-refractivity contribution in [2.24, 2.45) is 0 Å². The number of halogens is 1. The number of carbonyl (C=O) groups is 1. The average molecular weight is 396 g/mol. The van der Waals surface area contributed by atoms with E-state index in [2.05, 4.69) is 33.9 Å². The molecule has 26 heavy (non-hydrogen) atoms. The number of fused-ring (bicyclic) bond motifs is 1. The van der Waals surface area contributed by atoms with Crippen LogP contribution in [0.15, 0.2) is 6.07 Å². The summed E-state index contributed by atoms with van der Waals surface area (Å²) in [5.74, 6) is 0.876. The zero-order valence-corrected chi connectivity index (χ0v) is 16.5. The SMILES string of the molecule is CN(C)[C@H]1CCN(C(=O)c2cc3nc(Cl)nc(N4CCOCC4)c3s2)C1. The number of likely N-dealkylation sites (tertiary alicyclic amines) is 1. The summed E-state index contributed by atoms with van der Waals surface area (Å²) in [6.45, 7) is 4.42. The van der Waals surface area contributed by atoms with E-state index in [-0.39, 0.29) is 11.2 Å². The summed E-state index contributed by atoms with van der Waals surface area (Å²) in [6.07, 6.45) is 1.01. The van der Waals surface area contributed by atoms with Gasteiger partial charge in [0.15, 0.2) is 5.82 Å². The van der Waals surface area contributed by atoms with E-state index < -0.39 is 0 Å². The van der Waals surface area contributed by atoms with Gasteiger partial charge in [-0.2, -0.15) is 4.98 Å². The number of thiophene rings is 1. The molecule has 0 saturated carbocycles. The first-order chi connectivity index (χ1) is 12.5. The van der Waals surface area contributed by atoms with Crippen molar-refractivity contribution in [3.63, 3.8) is 0 Å². The summed E-state index contributed by atoms with van der Waals surface area (Å²) in [7, 11) is 4.12. The van der Waals surface area contributed by atoms with Crippen LogP contribution in [0.3, 0.4) is 0 Å². The minimum atomic E-state index is 0.0707. The predicted molar refractivity (Wildman–Crippen MR) is 103 cm³/mol. The van der Waals surface area contributed by atoms with Gasteiger partial charge in [0.2, 0.25) is 5.28 Å². The molecule has 2 aromatic heterocycles. The number of morpholine rings is 1. The largest absolute Gasteiger partial charge is 0.378 e. The smallest absolute Gasteiger partial charge is 0.264 e. The number of carbonyl (C=O) groups excluding carboxylic acids is 1. The van der Waals surface area contributed by atoms with Crippen LogP contribution in [0.2, 0.25) is 5.28 Å². The van der Waals surface area contributed by atoms with Gasteiger partial charge in [0.1, 0.15) is 0 Å². The van der Waals surface area contributed by atoms with E-state index in [9.17, 15) is 4.79 Å². The lowest BCUT2D eigenvalue weighted by atomic mass is 10.2. The summed E-state index contributed by atoms with van der Waals surface area (Å²) in [5, 5.41) is 0.213. The summed E-state index contributed by atoms with van der Waals surface area (Å²) >= 11 is 7.60. The van der Waals surface area contributed by atoms with E-state index in [1.807, 2.05) is 11.0 Å². The molecular formula is C17H22ClN5O2S. The summed E-state index contributed by atoms with van der Waals surface area (Å²) in [6, 6.07) is 2.27. The second kappa shape index (κ2) is 7.26. The Labute approximate surface area is 161 Å². The van der Waals surface area contributed by atoms with Crippen molar-refractivity contribution in [1.82, 2.24) is 19.8 Å². The van der Waals surface area contributed by atoms with Gasteiger partial charge in [-0.3, -0.25) is 4.79 Å². The Balaban J connectivity index is 1.64. The number of anilines is 1.